The van der Waals surface area contributed by atoms with Gasteiger partial charge < -0.3 is 10.2 Å². The highest BCUT2D eigenvalue weighted by molar-refractivity contribution is 5.82. The minimum Gasteiger partial charge on any atom is -0.481 e. The standard InChI is InChI=1S/C19H22N2O.C9H14O2/c1-2-13-12-21-10-8-14(13)11-18(21)19(22)16-7-9-20-17-6-4-3-5-15(16)17;1-5-6-2-3-7(4-6)8(5)9(10)11/h2-7,9,13-14,18-19,22H,1,8,10-12H2;5-8H,2-4H2,1H3,(H,10,11). The van der Waals surface area contributed by atoms with Crippen molar-refractivity contribution in [2.45, 2.75) is 51.2 Å². The predicted octanol–water partition coefficient (Wildman–Crippen LogP) is 4.92. The van der Waals surface area contributed by atoms with Gasteiger partial charge in [0, 0.05) is 24.2 Å². The van der Waals surface area contributed by atoms with Crippen LogP contribution in [0.1, 0.15) is 50.7 Å². The van der Waals surface area contributed by atoms with Crippen LogP contribution in [0.2, 0.25) is 0 Å². The fraction of sp³-hybridized carbons (Fsp3) is 0.571. The van der Waals surface area contributed by atoms with Crippen molar-refractivity contribution < 1.29 is 15.0 Å². The first-order valence-corrected chi connectivity index (χ1v) is 12.6. The molecule has 0 radical (unpaired) electrons. The van der Waals surface area contributed by atoms with Gasteiger partial charge in [-0.25, -0.2) is 0 Å². The number of carbonyl (C=O) groups is 1. The zero-order valence-corrected chi connectivity index (χ0v) is 19.5. The van der Waals surface area contributed by atoms with Gasteiger partial charge in [0.15, 0.2) is 0 Å². The summed E-state index contributed by atoms with van der Waals surface area (Å²) in [6.45, 7) is 8.21. The van der Waals surface area contributed by atoms with Gasteiger partial charge in [-0.1, -0.05) is 31.2 Å². The number of aliphatic hydroxyl groups excluding tert-OH is 1. The molecule has 5 fully saturated rings. The topological polar surface area (TPSA) is 73.7 Å². The number of aliphatic carboxylic acids is 1. The van der Waals surface area contributed by atoms with Crippen molar-refractivity contribution in [2.24, 2.45) is 35.5 Å². The lowest BCUT2D eigenvalue weighted by Crippen LogP contribution is -2.54. The summed E-state index contributed by atoms with van der Waals surface area (Å²) < 4.78 is 0. The minimum atomic E-state index is -0.565. The summed E-state index contributed by atoms with van der Waals surface area (Å²) in [6.07, 6.45) is 9.37. The molecule has 4 heterocycles. The highest BCUT2D eigenvalue weighted by Gasteiger charge is 2.48. The minimum absolute atomic E-state index is 0.0197. The average Bonchev–Trinajstić information content (AvgIpc) is 3.45. The number of hydrogen-bond acceptors (Lipinski definition) is 4. The van der Waals surface area contributed by atoms with Crippen molar-refractivity contribution >= 4 is 16.9 Å². The van der Waals surface area contributed by atoms with E-state index >= 15 is 0 Å². The third-order valence-corrected chi connectivity index (χ3v) is 9.14. The van der Waals surface area contributed by atoms with Gasteiger partial charge in [-0.2, -0.15) is 0 Å². The van der Waals surface area contributed by atoms with Crippen molar-refractivity contribution in [3.8, 4) is 0 Å². The first-order chi connectivity index (χ1) is 16.0. The highest BCUT2D eigenvalue weighted by atomic mass is 16.4. The zero-order valence-electron chi connectivity index (χ0n) is 19.5. The highest BCUT2D eigenvalue weighted by Crippen LogP contribution is 2.52. The van der Waals surface area contributed by atoms with Gasteiger partial charge in [0.2, 0.25) is 0 Å². The number of nitrogens with zero attached hydrogens (tertiary/aromatic N) is 2. The van der Waals surface area contributed by atoms with Crippen LogP contribution in [0.3, 0.4) is 0 Å². The van der Waals surface area contributed by atoms with Crippen LogP contribution in [0, 0.1) is 35.5 Å². The van der Waals surface area contributed by atoms with E-state index in [9.17, 15) is 9.90 Å². The molecule has 0 spiro atoms. The molecule has 2 aromatic rings. The molecule has 5 nitrogen and oxygen atoms in total. The number of rotatable bonds is 4. The molecule has 2 aliphatic carbocycles. The van der Waals surface area contributed by atoms with Crippen LogP contribution in [-0.4, -0.2) is 45.2 Å². The Labute approximate surface area is 196 Å². The molecule has 9 unspecified atom stereocenters. The molecule has 4 bridgehead atoms. The van der Waals surface area contributed by atoms with Crippen molar-refractivity contribution in [2.75, 3.05) is 13.1 Å². The number of benzene rings is 1. The van der Waals surface area contributed by atoms with Gasteiger partial charge in [0.1, 0.15) is 0 Å². The van der Waals surface area contributed by atoms with Gasteiger partial charge in [-0.3, -0.25) is 14.7 Å². The number of pyridine rings is 1. The molecule has 1 aromatic carbocycles. The molecule has 5 heteroatoms. The van der Waals surface area contributed by atoms with E-state index in [-0.39, 0.29) is 12.0 Å². The summed E-state index contributed by atoms with van der Waals surface area (Å²) in [5.74, 6) is 2.35. The summed E-state index contributed by atoms with van der Waals surface area (Å²) in [5, 5.41) is 21.0. The zero-order chi connectivity index (χ0) is 23.1. The first-order valence-electron chi connectivity index (χ1n) is 12.6. The Morgan fingerprint density at radius 2 is 1.94 bits per heavy atom. The number of para-hydroxylation sites is 1. The van der Waals surface area contributed by atoms with Crippen LogP contribution in [0.5, 0.6) is 0 Å². The summed E-state index contributed by atoms with van der Waals surface area (Å²) in [4.78, 5) is 17.7. The van der Waals surface area contributed by atoms with Crippen molar-refractivity contribution in [3.05, 3.63) is 54.7 Å². The van der Waals surface area contributed by atoms with Crippen molar-refractivity contribution in [1.29, 1.82) is 0 Å². The third kappa shape index (κ3) is 4.10. The summed E-state index contributed by atoms with van der Waals surface area (Å²) in [6, 6.07) is 10.3. The second-order valence-corrected chi connectivity index (χ2v) is 10.7. The predicted molar refractivity (Wildman–Crippen MR) is 130 cm³/mol. The molecule has 2 saturated carbocycles. The summed E-state index contributed by atoms with van der Waals surface area (Å²) in [5.41, 5.74) is 1.97. The molecule has 7 rings (SSSR count). The van der Waals surface area contributed by atoms with Crippen LogP contribution in [0.15, 0.2) is 49.2 Å². The van der Waals surface area contributed by atoms with Gasteiger partial charge in [-0.05, 0) is 85.9 Å². The molecule has 176 valence electrons. The van der Waals surface area contributed by atoms with Crippen LogP contribution < -0.4 is 0 Å². The second-order valence-electron chi connectivity index (χ2n) is 10.7. The molecule has 2 N–H and O–H groups in total. The molecule has 3 aliphatic heterocycles. The van der Waals surface area contributed by atoms with Crippen LogP contribution in [0.25, 0.3) is 10.9 Å². The van der Waals surface area contributed by atoms with Crippen molar-refractivity contribution in [1.82, 2.24) is 9.88 Å². The summed E-state index contributed by atoms with van der Waals surface area (Å²) in [7, 11) is 0. The number of hydrogen-bond donors (Lipinski definition) is 2. The number of piperidine rings is 3. The van der Waals surface area contributed by atoms with Crippen LogP contribution >= 0.6 is 0 Å². The van der Waals surface area contributed by atoms with Crippen LogP contribution in [0.4, 0.5) is 0 Å². The Hall–Kier alpha value is -2.24. The number of carboxylic acid groups (broad SMARTS) is 1. The monoisotopic (exact) mass is 448 g/mol. The lowest BCUT2D eigenvalue weighted by molar-refractivity contribution is -0.145. The van der Waals surface area contributed by atoms with Crippen LogP contribution in [-0.2, 0) is 4.79 Å². The third-order valence-electron chi connectivity index (χ3n) is 9.14. The van der Waals surface area contributed by atoms with E-state index in [1.165, 1.54) is 19.3 Å². The fourth-order valence-electron chi connectivity index (χ4n) is 7.29. The smallest absolute Gasteiger partial charge is 0.307 e. The maximum Gasteiger partial charge on any atom is 0.307 e. The van der Waals surface area contributed by atoms with Gasteiger partial charge in [-0.15, -0.1) is 6.58 Å². The molecule has 0 amide bonds. The number of carboxylic acids is 1. The number of fused-ring (bicyclic) bond motifs is 6. The lowest BCUT2D eigenvalue weighted by Gasteiger charge is -2.50. The molecular weight excluding hydrogens is 412 g/mol. The van der Waals surface area contributed by atoms with E-state index in [0.29, 0.717) is 23.7 Å². The Bertz CT molecular complexity index is 1020. The maximum atomic E-state index is 11.0. The summed E-state index contributed by atoms with van der Waals surface area (Å²) >= 11 is 0. The maximum absolute atomic E-state index is 11.0. The van der Waals surface area contributed by atoms with Crippen molar-refractivity contribution in [3.63, 3.8) is 0 Å². The van der Waals surface area contributed by atoms with Gasteiger partial charge in [0.25, 0.3) is 0 Å². The lowest BCUT2D eigenvalue weighted by atomic mass is 9.73. The Kier molecular flexibility index (Phi) is 6.28. The number of aliphatic hydroxyl groups is 1. The van der Waals surface area contributed by atoms with E-state index in [0.717, 1.165) is 48.3 Å². The van der Waals surface area contributed by atoms with E-state index < -0.39 is 12.1 Å². The fourth-order valence-corrected chi connectivity index (χ4v) is 7.29. The van der Waals surface area contributed by atoms with E-state index in [2.05, 4.69) is 35.5 Å². The molecule has 3 saturated heterocycles. The molecular formula is C28H36N2O3. The normalized spacial score (nSPS) is 37.4. The average molecular weight is 449 g/mol. The molecule has 33 heavy (non-hydrogen) atoms. The van der Waals surface area contributed by atoms with E-state index in [1.54, 1.807) is 0 Å². The number of aromatic nitrogens is 1. The first kappa shape index (κ1) is 22.5. The Morgan fingerprint density at radius 1 is 1.15 bits per heavy atom. The largest absolute Gasteiger partial charge is 0.481 e. The molecule has 5 aliphatic rings. The van der Waals surface area contributed by atoms with E-state index in [4.69, 9.17) is 5.11 Å². The molecule has 1 aromatic heterocycles. The Balaban J connectivity index is 0.000000174. The second kappa shape index (κ2) is 9.19. The van der Waals surface area contributed by atoms with Gasteiger partial charge in [0.05, 0.1) is 17.5 Å². The quantitative estimate of drug-likeness (QED) is 0.650. The van der Waals surface area contributed by atoms with Gasteiger partial charge >= 0.3 is 5.97 Å². The van der Waals surface area contributed by atoms with E-state index in [1.807, 2.05) is 30.5 Å². The molecule has 9 atom stereocenters. The SMILES string of the molecule is C=CC1CN2CCC1CC2C(O)c1ccnc2ccccc12.CC1C2CCC(C2)C1C(=O)O. The Morgan fingerprint density at radius 3 is 2.58 bits per heavy atom.